The van der Waals surface area contributed by atoms with Gasteiger partial charge in [-0.2, -0.15) is 0 Å². The molecule has 0 aliphatic rings. The van der Waals surface area contributed by atoms with Crippen molar-refractivity contribution < 1.29 is 0 Å². The largest absolute Gasteiger partial charge is 0.338 e. The van der Waals surface area contributed by atoms with Crippen molar-refractivity contribution in [1.82, 2.24) is 19.9 Å². The summed E-state index contributed by atoms with van der Waals surface area (Å²) in [6.45, 7) is 4.20. The average Bonchev–Trinajstić information content (AvgIpc) is 2.74. The molecule has 0 saturated carbocycles. The number of rotatable bonds is 0. The van der Waals surface area contributed by atoms with Gasteiger partial charge in [-0.25, -0.2) is 15.0 Å². The van der Waals surface area contributed by atoms with Crippen LogP contribution in [-0.2, 0) is 0 Å². The number of nitrogens with zero attached hydrogens (tertiary/aromatic N) is 3. The fourth-order valence-corrected chi connectivity index (χ4v) is 2.61. The van der Waals surface area contributed by atoms with E-state index in [0.29, 0.717) is 5.65 Å². The molecule has 0 amide bonds. The lowest BCUT2D eigenvalue weighted by Gasteiger charge is -1.98. The maximum Gasteiger partial charge on any atom is 0.180 e. The lowest BCUT2D eigenvalue weighted by Crippen LogP contribution is -1.87. The number of aryl methyl sites for hydroxylation is 2. The molecule has 19 heavy (non-hydrogen) atoms. The van der Waals surface area contributed by atoms with Gasteiger partial charge in [-0.3, -0.25) is 0 Å². The van der Waals surface area contributed by atoms with E-state index in [1.165, 1.54) is 11.1 Å². The molecule has 1 N–H and O–H groups in total. The Bertz CT molecular complexity index is 937. The van der Waals surface area contributed by atoms with E-state index in [0.717, 1.165) is 27.6 Å². The van der Waals surface area contributed by atoms with Crippen molar-refractivity contribution in [2.24, 2.45) is 0 Å². The van der Waals surface area contributed by atoms with E-state index in [-0.39, 0.29) is 0 Å². The molecule has 0 saturated heterocycles. The fourth-order valence-electron chi connectivity index (χ4n) is 2.61. The number of fused-ring (bicyclic) bond motifs is 4. The lowest BCUT2D eigenvalue weighted by atomic mass is 10.1. The van der Waals surface area contributed by atoms with Crippen LogP contribution in [0.2, 0.25) is 0 Å². The molecule has 0 atom stereocenters. The third kappa shape index (κ3) is 1.43. The van der Waals surface area contributed by atoms with Crippen LogP contribution >= 0.6 is 0 Å². The van der Waals surface area contributed by atoms with Crippen LogP contribution in [-0.4, -0.2) is 19.9 Å². The zero-order valence-corrected chi connectivity index (χ0v) is 10.7. The van der Waals surface area contributed by atoms with Gasteiger partial charge < -0.3 is 4.98 Å². The second-order valence-corrected chi connectivity index (χ2v) is 4.90. The molecule has 3 aromatic heterocycles. The molecular formula is C15H12N4. The predicted octanol–water partition coefficient (Wildman–Crippen LogP) is 3.28. The minimum Gasteiger partial charge on any atom is -0.338 e. The summed E-state index contributed by atoms with van der Waals surface area (Å²) in [4.78, 5) is 16.8. The summed E-state index contributed by atoms with van der Waals surface area (Å²) >= 11 is 0. The van der Waals surface area contributed by atoms with E-state index < -0.39 is 0 Å². The molecule has 4 nitrogen and oxygen atoms in total. The van der Waals surface area contributed by atoms with Gasteiger partial charge in [0.1, 0.15) is 11.0 Å². The van der Waals surface area contributed by atoms with Crippen LogP contribution < -0.4 is 0 Å². The normalized spacial score (nSPS) is 11.7. The van der Waals surface area contributed by atoms with Crippen LogP contribution in [0.15, 0.2) is 30.5 Å². The number of pyridine rings is 1. The zero-order chi connectivity index (χ0) is 13.0. The Hall–Kier alpha value is -2.49. The van der Waals surface area contributed by atoms with E-state index in [1.54, 1.807) is 6.20 Å². The third-order valence-electron chi connectivity index (χ3n) is 3.42. The molecular weight excluding hydrogens is 236 g/mol. The summed E-state index contributed by atoms with van der Waals surface area (Å²) in [6.07, 6.45) is 1.74. The number of aromatic amines is 1. The second kappa shape index (κ2) is 3.51. The van der Waals surface area contributed by atoms with Crippen molar-refractivity contribution in [3.05, 3.63) is 41.6 Å². The lowest BCUT2D eigenvalue weighted by molar-refractivity contribution is 1.26. The van der Waals surface area contributed by atoms with Crippen molar-refractivity contribution in [3.8, 4) is 0 Å². The molecule has 4 heteroatoms. The Kier molecular flexibility index (Phi) is 1.93. The monoisotopic (exact) mass is 248 g/mol. The van der Waals surface area contributed by atoms with Gasteiger partial charge in [0.2, 0.25) is 0 Å². The van der Waals surface area contributed by atoms with Gasteiger partial charge in [0.15, 0.2) is 11.3 Å². The second-order valence-electron chi connectivity index (χ2n) is 4.90. The van der Waals surface area contributed by atoms with Crippen LogP contribution in [0.1, 0.15) is 11.1 Å². The molecule has 4 rings (SSSR count). The highest BCUT2D eigenvalue weighted by molar-refractivity contribution is 6.06. The highest BCUT2D eigenvalue weighted by Gasteiger charge is 2.11. The topological polar surface area (TPSA) is 54.5 Å². The van der Waals surface area contributed by atoms with Gasteiger partial charge in [-0.05, 0) is 37.6 Å². The SMILES string of the molecule is Cc1cc(C)c2[nH]c3nc4ncccc4nc3c2c1. The summed E-state index contributed by atoms with van der Waals surface area (Å²) < 4.78 is 0. The first kappa shape index (κ1) is 10.4. The minimum atomic E-state index is 0.677. The summed E-state index contributed by atoms with van der Waals surface area (Å²) in [5, 5.41) is 1.13. The van der Waals surface area contributed by atoms with Crippen molar-refractivity contribution in [1.29, 1.82) is 0 Å². The maximum atomic E-state index is 4.69. The summed E-state index contributed by atoms with van der Waals surface area (Å²) in [7, 11) is 0. The molecule has 0 aliphatic carbocycles. The average molecular weight is 248 g/mol. The third-order valence-corrected chi connectivity index (χ3v) is 3.42. The highest BCUT2D eigenvalue weighted by Crippen LogP contribution is 2.27. The summed E-state index contributed by atoms with van der Waals surface area (Å²) in [6, 6.07) is 8.14. The van der Waals surface area contributed by atoms with Gasteiger partial charge in [0.05, 0.1) is 5.52 Å². The molecule has 0 spiro atoms. The fraction of sp³-hybridized carbons (Fsp3) is 0.133. The number of nitrogens with one attached hydrogen (secondary N) is 1. The van der Waals surface area contributed by atoms with Crippen molar-refractivity contribution >= 4 is 33.2 Å². The maximum absolute atomic E-state index is 4.69. The minimum absolute atomic E-state index is 0.677. The Morgan fingerprint density at radius 1 is 1.11 bits per heavy atom. The highest BCUT2D eigenvalue weighted by atomic mass is 15.0. The van der Waals surface area contributed by atoms with Gasteiger partial charge in [0, 0.05) is 11.6 Å². The van der Waals surface area contributed by atoms with Gasteiger partial charge in [-0.15, -0.1) is 0 Å². The number of aromatic nitrogens is 4. The Morgan fingerprint density at radius 3 is 2.89 bits per heavy atom. The molecule has 0 unspecified atom stereocenters. The first-order valence-corrected chi connectivity index (χ1v) is 6.24. The van der Waals surface area contributed by atoms with Crippen molar-refractivity contribution in [2.75, 3.05) is 0 Å². The van der Waals surface area contributed by atoms with Crippen LogP contribution in [0.5, 0.6) is 0 Å². The van der Waals surface area contributed by atoms with Gasteiger partial charge in [0.25, 0.3) is 0 Å². The van der Waals surface area contributed by atoms with E-state index in [2.05, 4.69) is 40.9 Å². The first-order valence-electron chi connectivity index (χ1n) is 6.24. The van der Waals surface area contributed by atoms with E-state index in [1.807, 2.05) is 12.1 Å². The molecule has 0 radical (unpaired) electrons. The van der Waals surface area contributed by atoms with Gasteiger partial charge in [-0.1, -0.05) is 11.6 Å². The Labute approximate surface area is 109 Å². The van der Waals surface area contributed by atoms with Gasteiger partial charge >= 0.3 is 0 Å². The van der Waals surface area contributed by atoms with Crippen LogP contribution in [0.25, 0.3) is 33.2 Å². The predicted molar refractivity (Wildman–Crippen MR) is 76.2 cm³/mol. The number of benzene rings is 1. The Morgan fingerprint density at radius 2 is 2.00 bits per heavy atom. The number of H-pyrrole nitrogens is 1. The summed E-state index contributed by atoms with van der Waals surface area (Å²) in [5.41, 5.74) is 6.78. The quantitative estimate of drug-likeness (QED) is 0.519. The van der Waals surface area contributed by atoms with Crippen molar-refractivity contribution in [2.45, 2.75) is 13.8 Å². The van der Waals surface area contributed by atoms with E-state index >= 15 is 0 Å². The molecule has 0 fully saturated rings. The molecule has 4 aromatic rings. The number of hydrogen-bond donors (Lipinski definition) is 1. The molecule has 0 bridgehead atoms. The standard InChI is InChI=1S/C15H12N4/c1-8-6-9(2)12-10(7-8)13-15(18-12)19-14-11(17-13)4-3-5-16-14/h3-7H,1-2H3,(H,16,18,19). The van der Waals surface area contributed by atoms with Crippen LogP contribution in [0.4, 0.5) is 0 Å². The molecule has 0 aliphatic heterocycles. The van der Waals surface area contributed by atoms with Crippen molar-refractivity contribution in [3.63, 3.8) is 0 Å². The van der Waals surface area contributed by atoms with E-state index in [9.17, 15) is 0 Å². The number of hydrogen-bond acceptors (Lipinski definition) is 3. The molecule has 1 aromatic carbocycles. The first-order chi connectivity index (χ1) is 9.22. The van der Waals surface area contributed by atoms with E-state index in [4.69, 9.17) is 4.98 Å². The van der Waals surface area contributed by atoms with Crippen LogP contribution in [0, 0.1) is 13.8 Å². The Balaban J connectivity index is 2.26. The molecule has 92 valence electrons. The molecule has 3 heterocycles. The summed E-state index contributed by atoms with van der Waals surface area (Å²) in [5.74, 6) is 0. The van der Waals surface area contributed by atoms with Crippen LogP contribution in [0.3, 0.4) is 0 Å². The smallest absolute Gasteiger partial charge is 0.180 e. The zero-order valence-electron chi connectivity index (χ0n) is 10.7.